The second kappa shape index (κ2) is 6.85. The van der Waals surface area contributed by atoms with Gasteiger partial charge in [0, 0.05) is 0 Å². The van der Waals surface area contributed by atoms with Gasteiger partial charge in [0.15, 0.2) is 0 Å². The molecule has 0 aliphatic heterocycles. The summed E-state index contributed by atoms with van der Waals surface area (Å²) in [6.45, 7) is 0.954. The number of nitrogens with zero attached hydrogens (tertiary/aromatic N) is 1. The van der Waals surface area contributed by atoms with Crippen LogP contribution in [0.4, 0.5) is 5.69 Å². The molecule has 112 valence electrons. The minimum absolute atomic E-state index is 0.0697. The van der Waals surface area contributed by atoms with Gasteiger partial charge in [0.1, 0.15) is 6.54 Å². The van der Waals surface area contributed by atoms with Crippen molar-refractivity contribution in [2.24, 2.45) is 0 Å². The highest BCUT2D eigenvalue weighted by atomic mass is 35.5. The van der Waals surface area contributed by atoms with Crippen LogP contribution in [-0.4, -0.2) is 33.8 Å². The van der Waals surface area contributed by atoms with Gasteiger partial charge in [-0.3, -0.25) is 9.10 Å². The van der Waals surface area contributed by atoms with Crippen LogP contribution in [0.2, 0.25) is 15.1 Å². The third kappa shape index (κ3) is 3.91. The molecule has 0 spiro atoms. The Morgan fingerprint density at radius 1 is 1.20 bits per heavy atom. The molecule has 0 radical (unpaired) electrons. The number of sulfonamides is 1. The monoisotopic (exact) mass is 359 g/mol. The van der Waals surface area contributed by atoms with Gasteiger partial charge in [0.05, 0.1) is 33.6 Å². The van der Waals surface area contributed by atoms with Crippen LogP contribution in [0.1, 0.15) is 6.92 Å². The molecular formula is C11H12Cl3NO4S. The van der Waals surface area contributed by atoms with Crippen LogP contribution < -0.4 is 4.31 Å². The van der Waals surface area contributed by atoms with Gasteiger partial charge in [-0.25, -0.2) is 8.42 Å². The maximum absolute atomic E-state index is 12.1. The average Bonchev–Trinajstić information content (AvgIpc) is 2.40. The van der Waals surface area contributed by atoms with Crippen LogP contribution in [-0.2, 0) is 19.6 Å². The molecule has 9 heteroatoms. The Labute approximate surface area is 132 Å². The summed E-state index contributed by atoms with van der Waals surface area (Å²) in [6.07, 6.45) is 0. The van der Waals surface area contributed by atoms with E-state index in [1.807, 2.05) is 0 Å². The predicted octanol–water partition coefficient (Wildman–Crippen LogP) is 2.98. The molecule has 1 aromatic carbocycles. The van der Waals surface area contributed by atoms with E-state index < -0.39 is 22.5 Å². The Bertz CT molecular complexity index is 618. The van der Waals surface area contributed by atoms with Gasteiger partial charge in [-0.05, 0) is 19.1 Å². The number of carbonyl (C=O) groups excluding carboxylic acids is 1. The van der Waals surface area contributed by atoms with E-state index in [-0.39, 0.29) is 26.5 Å². The Morgan fingerprint density at radius 3 is 2.25 bits per heavy atom. The van der Waals surface area contributed by atoms with Crippen LogP contribution in [0.15, 0.2) is 12.1 Å². The lowest BCUT2D eigenvalue weighted by Crippen LogP contribution is -2.37. The summed E-state index contributed by atoms with van der Waals surface area (Å²) in [4.78, 5) is 11.4. The number of esters is 1. The molecule has 5 nitrogen and oxygen atoms in total. The van der Waals surface area contributed by atoms with Gasteiger partial charge in [-0.2, -0.15) is 0 Å². The summed E-state index contributed by atoms with van der Waals surface area (Å²) in [5.41, 5.74) is 0.0771. The van der Waals surface area contributed by atoms with E-state index >= 15 is 0 Å². The summed E-state index contributed by atoms with van der Waals surface area (Å²) in [6, 6.07) is 2.61. The molecule has 0 bridgehead atoms. The van der Waals surface area contributed by atoms with E-state index in [1.165, 1.54) is 19.1 Å². The molecule has 0 atom stereocenters. The van der Waals surface area contributed by atoms with Crippen molar-refractivity contribution in [3.05, 3.63) is 27.2 Å². The van der Waals surface area contributed by atoms with Crippen molar-refractivity contribution in [1.29, 1.82) is 0 Å². The number of ether oxygens (including phenoxy) is 1. The molecule has 20 heavy (non-hydrogen) atoms. The fourth-order valence-electron chi connectivity index (χ4n) is 1.37. The van der Waals surface area contributed by atoms with E-state index in [0.29, 0.717) is 0 Å². The van der Waals surface area contributed by atoms with Gasteiger partial charge in [-0.15, -0.1) is 0 Å². The zero-order valence-electron chi connectivity index (χ0n) is 10.7. The maximum atomic E-state index is 12.1. The summed E-state index contributed by atoms with van der Waals surface area (Å²) < 4.78 is 29.5. The molecule has 0 heterocycles. The highest BCUT2D eigenvalue weighted by Crippen LogP contribution is 2.35. The lowest BCUT2D eigenvalue weighted by Gasteiger charge is -2.24. The topological polar surface area (TPSA) is 63.7 Å². The number of benzene rings is 1. The van der Waals surface area contributed by atoms with E-state index in [1.54, 1.807) is 0 Å². The van der Waals surface area contributed by atoms with Gasteiger partial charge in [0.25, 0.3) is 0 Å². The van der Waals surface area contributed by atoms with Crippen molar-refractivity contribution in [3.8, 4) is 0 Å². The highest BCUT2D eigenvalue weighted by molar-refractivity contribution is 7.92. The quantitative estimate of drug-likeness (QED) is 0.598. The van der Waals surface area contributed by atoms with Gasteiger partial charge in [0.2, 0.25) is 10.0 Å². The van der Waals surface area contributed by atoms with Crippen molar-refractivity contribution < 1.29 is 17.9 Å². The van der Waals surface area contributed by atoms with Gasteiger partial charge < -0.3 is 4.74 Å². The largest absolute Gasteiger partial charge is 0.468 e. The lowest BCUT2D eigenvalue weighted by atomic mass is 10.3. The summed E-state index contributed by atoms with van der Waals surface area (Å²) >= 11 is 17.6. The molecule has 0 aliphatic carbocycles. The zero-order chi connectivity index (χ0) is 15.5. The molecule has 0 fully saturated rings. The number of halogens is 3. The van der Waals surface area contributed by atoms with Gasteiger partial charge in [-0.1, -0.05) is 34.8 Å². The minimum atomic E-state index is -3.72. The van der Waals surface area contributed by atoms with Crippen molar-refractivity contribution >= 4 is 56.5 Å². The number of hydrogen-bond acceptors (Lipinski definition) is 4. The van der Waals surface area contributed by atoms with Crippen LogP contribution >= 0.6 is 34.8 Å². The summed E-state index contributed by atoms with van der Waals surface area (Å²) in [7, 11) is -2.56. The van der Waals surface area contributed by atoms with Crippen LogP contribution in [0.3, 0.4) is 0 Å². The van der Waals surface area contributed by atoms with E-state index in [9.17, 15) is 13.2 Å². The summed E-state index contributed by atoms with van der Waals surface area (Å²) in [5.74, 6) is -0.926. The Kier molecular flexibility index (Phi) is 5.94. The van der Waals surface area contributed by atoms with Crippen molar-refractivity contribution in [2.45, 2.75) is 6.92 Å². The van der Waals surface area contributed by atoms with Crippen LogP contribution in [0.5, 0.6) is 0 Å². The van der Waals surface area contributed by atoms with Crippen molar-refractivity contribution in [3.63, 3.8) is 0 Å². The van der Waals surface area contributed by atoms with Crippen LogP contribution in [0, 0.1) is 0 Å². The first-order valence-corrected chi connectivity index (χ1v) is 8.19. The summed E-state index contributed by atoms with van der Waals surface area (Å²) in [5, 5.41) is 0.389. The van der Waals surface area contributed by atoms with E-state index in [4.69, 9.17) is 34.8 Å². The number of rotatable bonds is 5. The molecule has 0 amide bonds. The molecule has 0 N–H and O–H groups in total. The fraction of sp³-hybridized carbons (Fsp3) is 0.364. The molecule has 1 aromatic rings. The third-order valence-corrected chi connectivity index (χ3v) is 5.21. The zero-order valence-corrected chi connectivity index (χ0v) is 13.8. The molecular weight excluding hydrogens is 349 g/mol. The standard InChI is InChI=1S/C11H12Cl3NO4S/c1-3-20(17,18)15(6-11(16)19-2)10-5-8(13)7(12)4-9(10)14/h4-5H,3,6H2,1-2H3. The molecule has 0 aliphatic rings. The fourth-order valence-corrected chi connectivity index (χ4v) is 3.13. The molecule has 0 aromatic heterocycles. The maximum Gasteiger partial charge on any atom is 0.326 e. The average molecular weight is 361 g/mol. The van der Waals surface area contributed by atoms with Crippen molar-refractivity contribution in [2.75, 3.05) is 23.7 Å². The number of carbonyl (C=O) groups is 1. The third-order valence-electron chi connectivity index (χ3n) is 2.46. The SMILES string of the molecule is CCS(=O)(=O)N(CC(=O)OC)c1cc(Cl)c(Cl)cc1Cl. The number of anilines is 1. The smallest absolute Gasteiger partial charge is 0.326 e. The normalized spacial score (nSPS) is 11.2. The Balaban J connectivity index is 3.38. The number of hydrogen-bond donors (Lipinski definition) is 0. The Morgan fingerprint density at radius 2 is 1.75 bits per heavy atom. The van der Waals surface area contributed by atoms with Gasteiger partial charge >= 0.3 is 5.97 Å². The second-order valence-electron chi connectivity index (χ2n) is 3.70. The molecule has 0 saturated carbocycles. The van der Waals surface area contributed by atoms with E-state index in [0.717, 1.165) is 11.4 Å². The first-order chi connectivity index (χ1) is 9.22. The second-order valence-corrected chi connectivity index (χ2v) is 7.10. The minimum Gasteiger partial charge on any atom is -0.468 e. The number of methoxy groups -OCH3 is 1. The molecule has 0 saturated heterocycles. The molecule has 0 unspecified atom stereocenters. The predicted molar refractivity (Wildman–Crippen MR) is 80.3 cm³/mol. The van der Waals surface area contributed by atoms with Crippen LogP contribution in [0.25, 0.3) is 0 Å². The van der Waals surface area contributed by atoms with E-state index in [2.05, 4.69) is 4.74 Å². The van der Waals surface area contributed by atoms with Crippen molar-refractivity contribution in [1.82, 2.24) is 0 Å². The first-order valence-electron chi connectivity index (χ1n) is 5.44. The Hall–Kier alpha value is -0.690. The highest BCUT2D eigenvalue weighted by Gasteiger charge is 2.26. The first kappa shape index (κ1) is 17.4. The lowest BCUT2D eigenvalue weighted by molar-refractivity contribution is -0.138. The molecule has 1 rings (SSSR count).